The SMILES string of the molecule is CC(Cl)CC(=O)c1ccco1. The molecule has 0 fully saturated rings. The Labute approximate surface area is 70.2 Å². The summed E-state index contributed by atoms with van der Waals surface area (Å²) in [7, 11) is 0. The van der Waals surface area contributed by atoms with Crippen molar-refractivity contribution in [1.29, 1.82) is 0 Å². The summed E-state index contributed by atoms with van der Waals surface area (Å²) in [6.07, 6.45) is 1.81. The molecule has 1 atom stereocenters. The highest BCUT2D eigenvalue weighted by Crippen LogP contribution is 2.08. The molecule has 0 aliphatic rings. The Hall–Kier alpha value is -0.760. The molecule has 1 heterocycles. The number of halogens is 1. The quantitative estimate of drug-likeness (QED) is 0.518. The second kappa shape index (κ2) is 3.58. The Morgan fingerprint density at radius 1 is 1.82 bits per heavy atom. The maximum Gasteiger partial charge on any atom is 0.199 e. The first-order chi connectivity index (χ1) is 5.20. The minimum absolute atomic E-state index is 0.0440. The number of carbonyl (C=O) groups excluding carboxylic acids is 1. The fourth-order valence-corrected chi connectivity index (χ4v) is 0.933. The molecule has 2 nitrogen and oxygen atoms in total. The van der Waals surface area contributed by atoms with E-state index in [0.717, 1.165) is 0 Å². The van der Waals surface area contributed by atoms with E-state index in [1.807, 2.05) is 0 Å². The van der Waals surface area contributed by atoms with Gasteiger partial charge >= 0.3 is 0 Å². The van der Waals surface area contributed by atoms with Gasteiger partial charge in [0, 0.05) is 11.8 Å². The van der Waals surface area contributed by atoms with Gasteiger partial charge < -0.3 is 4.42 Å². The second-order valence-electron chi connectivity index (χ2n) is 2.39. The van der Waals surface area contributed by atoms with Crippen LogP contribution >= 0.6 is 11.6 Å². The predicted molar refractivity (Wildman–Crippen MR) is 43.0 cm³/mol. The topological polar surface area (TPSA) is 30.2 Å². The fourth-order valence-electron chi connectivity index (χ4n) is 0.793. The molecular weight excluding hydrogens is 164 g/mol. The lowest BCUT2D eigenvalue weighted by atomic mass is 10.2. The van der Waals surface area contributed by atoms with Crippen LogP contribution in [0.4, 0.5) is 0 Å². The molecule has 60 valence electrons. The van der Waals surface area contributed by atoms with E-state index < -0.39 is 0 Å². The molecule has 0 saturated carbocycles. The van der Waals surface area contributed by atoms with Gasteiger partial charge in [0.1, 0.15) is 0 Å². The van der Waals surface area contributed by atoms with Crippen LogP contribution in [0.5, 0.6) is 0 Å². The molecular formula is C8H9ClO2. The summed E-state index contributed by atoms with van der Waals surface area (Å²) >= 11 is 5.63. The van der Waals surface area contributed by atoms with Gasteiger partial charge in [-0.1, -0.05) is 0 Å². The third kappa shape index (κ3) is 2.39. The molecule has 0 N–H and O–H groups in total. The zero-order valence-corrected chi connectivity index (χ0v) is 6.97. The van der Waals surface area contributed by atoms with Gasteiger partial charge in [0.05, 0.1) is 6.26 Å². The van der Waals surface area contributed by atoms with Gasteiger partial charge in [-0.25, -0.2) is 0 Å². The number of rotatable bonds is 3. The van der Waals surface area contributed by atoms with E-state index in [2.05, 4.69) is 0 Å². The lowest BCUT2D eigenvalue weighted by molar-refractivity contribution is 0.0956. The van der Waals surface area contributed by atoms with E-state index in [0.29, 0.717) is 12.2 Å². The number of alkyl halides is 1. The van der Waals surface area contributed by atoms with Crippen molar-refractivity contribution < 1.29 is 9.21 Å². The fraction of sp³-hybridized carbons (Fsp3) is 0.375. The molecule has 1 aromatic heterocycles. The Kier molecular flexibility index (Phi) is 2.71. The average Bonchev–Trinajstić information content (AvgIpc) is 2.35. The van der Waals surface area contributed by atoms with Crippen molar-refractivity contribution in [2.24, 2.45) is 0 Å². The highest BCUT2D eigenvalue weighted by molar-refractivity contribution is 6.22. The Bertz CT molecular complexity index is 226. The van der Waals surface area contributed by atoms with Gasteiger partial charge in [-0.3, -0.25) is 4.79 Å². The Balaban J connectivity index is 2.57. The minimum atomic E-state index is -0.132. The third-order valence-corrected chi connectivity index (χ3v) is 1.42. The standard InChI is InChI=1S/C8H9ClO2/c1-6(9)5-7(10)8-3-2-4-11-8/h2-4,6H,5H2,1H3. The summed E-state index contributed by atoms with van der Waals surface area (Å²) in [5, 5.41) is -0.132. The van der Waals surface area contributed by atoms with Crippen LogP contribution in [0.2, 0.25) is 0 Å². The van der Waals surface area contributed by atoms with Crippen molar-refractivity contribution in [2.45, 2.75) is 18.7 Å². The van der Waals surface area contributed by atoms with Gasteiger partial charge in [-0.05, 0) is 19.1 Å². The van der Waals surface area contributed by atoms with E-state index in [4.69, 9.17) is 16.0 Å². The Morgan fingerprint density at radius 2 is 2.55 bits per heavy atom. The van der Waals surface area contributed by atoms with E-state index in [1.165, 1.54) is 6.26 Å². The Morgan fingerprint density at radius 3 is 3.00 bits per heavy atom. The number of ketones is 1. The molecule has 0 aromatic carbocycles. The van der Waals surface area contributed by atoms with Gasteiger partial charge in [0.15, 0.2) is 11.5 Å². The number of hydrogen-bond acceptors (Lipinski definition) is 2. The molecule has 0 spiro atoms. The monoisotopic (exact) mass is 172 g/mol. The number of hydrogen-bond donors (Lipinski definition) is 0. The molecule has 0 saturated heterocycles. The van der Waals surface area contributed by atoms with E-state index in [9.17, 15) is 4.79 Å². The lowest BCUT2D eigenvalue weighted by Gasteiger charge is -1.97. The summed E-state index contributed by atoms with van der Waals surface area (Å²) in [6, 6.07) is 3.33. The second-order valence-corrected chi connectivity index (χ2v) is 3.13. The molecule has 0 aliphatic heterocycles. The summed E-state index contributed by atoms with van der Waals surface area (Å²) in [4.78, 5) is 11.1. The minimum Gasteiger partial charge on any atom is -0.461 e. The van der Waals surface area contributed by atoms with Gasteiger partial charge in [-0.15, -0.1) is 11.6 Å². The van der Waals surface area contributed by atoms with Crippen LogP contribution < -0.4 is 0 Å². The van der Waals surface area contributed by atoms with Crippen LogP contribution in [0.1, 0.15) is 23.9 Å². The van der Waals surface area contributed by atoms with E-state index >= 15 is 0 Å². The first kappa shape index (κ1) is 8.34. The summed E-state index contributed by atoms with van der Waals surface area (Å²) < 4.78 is 4.89. The molecule has 0 bridgehead atoms. The van der Waals surface area contributed by atoms with Crippen molar-refractivity contribution in [3.05, 3.63) is 24.2 Å². The molecule has 0 aliphatic carbocycles. The summed E-state index contributed by atoms with van der Waals surface area (Å²) in [5.74, 6) is 0.343. The molecule has 0 radical (unpaired) electrons. The normalized spacial score (nSPS) is 12.9. The van der Waals surface area contributed by atoms with Crippen LogP contribution in [0, 0.1) is 0 Å². The molecule has 1 rings (SSSR count). The molecule has 1 unspecified atom stereocenters. The zero-order chi connectivity index (χ0) is 8.27. The van der Waals surface area contributed by atoms with Crippen molar-refractivity contribution in [3.8, 4) is 0 Å². The first-order valence-electron chi connectivity index (χ1n) is 3.41. The van der Waals surface area contributed by atoms with Crippen LogP contribution in [0.15, 0.2) is 22.8 Å². The zero-order valence-electron chi connectivity index (χ0n) is 6.21. The lowest BCUT2D eigenvalue weighted by Crippen LogP contribution is -2.03. The first-order valence-corrected chi connectivity index (χ1v) is 3.84. The maximum atomic E-state index is 11.1. The van der Waals surface area contributed by atoms with Gasteiger partial charge in [-0.2, -0.15) is 0 Å². The summed E-state index contributed by atoms with van der Waals surface area (Å²) in [6.45, 7) is 1.78. The molecule has 3 heteroatoms. The van der Waals surface area contributed by atoms with Crippen LogP contribution in [-0.4, -0.2) is 11.2 Å². The van der Waals surface area contributed by atoms with Crippen molar-refractivity contribution >= 4 is 17.4 Å². The maximum absolute atomic E-state index is 11.1. The van der Waals surface area contributed by atoms with Crippen molar-refractivity contribution in [2.75, 3.05) is 0 Å². The van der Waals surface area contributed by atoms with Gasteiger partial charge in [0.25, 0.3) is 0 Å². The number of Topliss-reactive ketones (excluding diaryl/α,β-unsaturated/α-hetero) is 1. The smallest absolute Gasteiger partial charge is 0.199 e. The highest BCUT2D eigenvalue weighted by Gasteiger charge is 2.10. The third-order valence-electron chi connectivity index (χ3n) is 1.26. The van der Waals surface area contributed by atoms with Crippen molar-refractivity contribution in [3.63, 3.8) is 0 Å². The largest absolute Gasteiger partial charge is 0.461 e. The number of carbonyl (C=O) groups is 1. The van der Waals surface area contributed by atoms with E-state index in [1.54, 1.807) is 19.1 Å². The van der Waals surface area contributed by atoms with Crippen molar-refractivity contribution in [1.82, 2.24) is 0 Å². The van der Waals surface area contributed by atoms with E-state index in [-0.39, 0.29) is 11.2 Å². The van der Waals surface area contributed by atoms with Crippen LogP contribution in [-0.2, 0) is 0 Å². The molecule has 0 amide bonds. The molecule has 1 aromatic rings. The van der Waals surface area contributed by atoms with Crippen LogP contribution in [0.25, 0.3) is 0 Å². The van der Waals surface area contributed by atoms with Crippen LogP contribution in [0.3, 0.4) is 0 Å². The molecule has 11 heavy (non-hydrogen) atoms. The highest BCUT2D eigenvalue weighted by atomic mass is 35.5. The predicted octanol–water partition coefficient (Wildman–Crippen LogP) is 2.48. The average molecular weight is 173 g/mol. The van der Waals surface area contributed by atoms with Gasteiger partial charge in [0.2, 0.25) is 0 Å². The summed E-state index contributed by atoms with van der Waals surface area (Å²) in [5.41, 5.74) is 0. The number of furan rings is 1.